The lowest BCUT2D eigenvalue weighted by atomic mass is 10.2. The quantitative estimate of drug-likeness (QED) is 0.313. The van der Waals surface area contributed by atoms with Crippen molar-refractivity contribution >= 4 is 11.8 Å². The van der Waals surface area contributed by atoms with Crippen molar-refractivity contribution in [2.24, 2.45) is 10.5 Å². The molecule has 0 radical (unpaired) electrons. The van der Waals surface area contributed by atoms with Crippen molar-refractivity contribution in [1.29, 1.82) is 0 Å². The van der Waals surface area contributed by atoms with Gasteiger partial charge in [0.15, 0.2) is 5.94 Å². The number of thioether (sulfide) groups is 1. The van der Waals surface area contributed by atoms with Gasteiger partial charge in [-0.1, -0.05) is 0 Å². The van der Waals surface area contributed by atoms with Gasteiger partial charge in [0, 0.05) is 11.8 Å². The number of rotatable bonds is 5. The molecule has 1 fully saturated rings. The minimum atomic E-state index is 0. The van der Waals surface area contributed by atoms with Gasteiger partial charge in [-0.05, 0) is 24.3 Å². The molecule has 1 aliphatic rings. The fraction of sp³-hybridized carbons (Fsp3) is 1.00. The second-order valence-corrected chi connectivity index (χ2v) is 3.66. The van der Waals surface area contributed by atoms with E-state index in [1.165, 1.54) is 0 Å². The van der Waals surface area contributed by atoms with Crippen LogP contribution in [0.4, 0.5) is 0 Å². The molecule has 1 rings (SSSR count). The fourth-order valence-corrected chi connectivity index (χ4v) is 1.43. The lowest BCUT2D eigenvalue weighted by Gasteiger charge is -2.16. The van der Waals surface area contributed by atoms with Crippen LogP contribution in [0.2, 0.25) is 0 Å². The average Bonchev–Trinajstić information content (AvgIpc) is 2.60. The summed E-state index contributed by atoms with van der Waals surface area (Å²) in [5, 5.41) is 18.2. The molecule has 0 saturated carbocycles. The van der Waals surface area contributed by atoms with Crippen molar-refractivity contribution < 1.29 is 15.4 Å². The van der Waals surface area contributed by atoms with Crippen LogP contribution in [0.3, 0.4) is 0 Å². The zero-order valence-corrected chi connectivity index (χ0v) is 9.03. The highest BCUT2D eigenvalue weighted by atomic mass is 32.2. The minimum Gasteiger partial charge on any atom is -0.412 e. The molecule has 0 amide bonds. The Morgan fingerprint density at radius 2 is 2.43 bits per heavy atom. The summed E-state index contributed by atoms with van der Waals surface area (Å²) in [7, 11) is 0. The Bertz CT molecular complexity index is 170. The molecule has 1 atom stereocenters. The number of nitrogens with zero attached hydrogens (tertiary/aromatic N) is 3. The van der Waals surface area contributed by atoms with Gasteiger partial charge in [-0.25, -0.2) is 0 Å². The van der Waals surface area contributed by atoms with E-state index in [4.69, 9.17) is 9.94 Å². The summed E-state index contributed by atoms with van der Waals surface area (Å²) in [6, 6.07) is 0.127. The predicted molar refractivity (Wildman–Crippen MR) is 54.8 cm³/mol. The van der Waals surface area contributed by atoms with E-state index in [9.17, 15) is 0 Å². The van der Waals surface area contributed by atoms with Crippen LogP contribution in [0.15, 0.2) is 10.5 Å². The normalized spacial score (nSPS) is 21.3. The molecule has 1 aliphatic heterocycles. The van der Waals surface area contributed by atoms with E-state index in [0.29, 0.717) is 5.94 Å². The minimum absolute atomic E-state index is 0. The van der Waals surface area contributed by atoms with E-state index >= 15 is 0 Å². The second kappa shape index (κ2) is 7.84. The summed E-state index contributed by atoms with van der Waals surface area (Å²) >= 11 is 1.55. The maximum absolute atomic E-state index is 8.95. The van der Waals surface area contributed by atoms with Crippen LogP contribution >= 0.6 is 11.8 Å². The topological polar surface area (TPSA) is 88.9 Å². The molecular formula is C7H17N3O3S. The summed E-state index contributed by atoms with van der Waals surface area (Å²) in [4.78, 5) is 4.84. The maximum atomic E-state index is 8.95. The molecule has 14 heavy (non-hydrogen) atoms. The predicted octanol–water partition coefficient (Wildman–Crippen LogP) is 0.238. The van der Waals surface area contributed by atoms with Crippen molar-refractivity contribution in [3.63, 3.8) is 0 Å². The molecule has 3 N–H and O–H groups in total. The monoisotopic (exact) mass is 223 g/mol. The molecule has 84 valence electrons. The van der Waals surface area contributed by atoms with Crippen LogP contribution in [0, 0.1) is 0 Å². The summed E-state index contributed by atoms with van der Waals surface area (Å²) in [6.45, 7) is 0.999. The van der Waals surface area contributed by atoms with E-state index in [-0.39, 0.29) is 18.1 Å². The van der Waals surface area contributed by atoms with Crippen LogP contribution in [0.5, 0.6) is 0 Å². The molecule has 0 spiro atoms. The van der Waals surface area contributed by atoms with Gasteiger partial charge in [0.1, 0.15) is 0 Å². The lowest BCUT2D eigenvalue weighted by molar-refractivity contribution is 0.101. The molecule has 0 aromatic heterocycles. The van der Waals surface area contributed by atoms with Crippen LogP contribution in [0.25, 0.3) is 0 Å². The van der Waals surface area contributed by atoms with Crippen molar-refractivity contribution in [2.75, 3.05) is 25.3 Å². The Hall–Kier alpha value is -0.530. The van der Waals surface area contributed by atoms with Crippen LogP contribution in [-0.2, 0) is 4.84 Å². The summed E-state index contributed by atoms with van der Waals surface area (Å²) < 4.78 is 0. The molecule has 0 aliphatic carbocycles. The van der Waals surface area contributed by atoms with E-state index in [1.807, 2.05) is 6.26 Å². The Morgan fingerprint density at radius 1 is 1.64 bits per heavy atom. The van der Waals surface area contributed by atoms with Crippen LogP contribution in [0.1, 0.15) is 12.8 Å². The van der Waals surface area contributed by atoms with E-state index < -0.39 is 0 Å². The summed E-state index contributed by atoms with van der Waals surface area (Å²) in [6.07, 6.45) is 3.98. The summed E-state index contributed by atoms with van der Waals surface area (Å²) in [5.74, 6) is 0.515. The Balaban J connectivity index is 0.00000169. The van der Waals surface area contributed by atoms with Gasteiger partial charge in [-0.15, -0.1) is 11.8 Å². The largest absolute Gasteiger partial charge is 0.412 e. The number of aliphatic hydroxyl groups excluding tert-OH is 1. The van der Waals surface area contributed by atoms with Gasteiger partial charge >= 0.3 is 0 Å². The highest BCUT2D eigenvalue weighted by molar-refractivity contribution is 7.98. The fourth-order valence-electron chi connectivity index (χ4n) is 1.27. The molecule has 0 aromatic rings. The van der Waals surface area contributed by atoms with Gasteiger partial charge in [0.05, 0.1) is 12.6 Å². The first-order chi connectivity index (χ1) is 6.38. The third-order valence-electron chi connectivity index (χ3n) is 1.94. The Labute approximate surface area is 87.6 Å². The first kappa shape index (κ1) is 13.5. The van der Waals surface area contributed by atoms with Gasteiger partial charge in [-0.3, -0.25) is 5.01 Å². The zero-order valence-electron chi connectivity index (χ0n) is 8.22. The standard InChI is InChI=1S/C7H15N3O2S.H2O/c1-13-6-12-9-8-10-4-2-3-7(10)5-11;/h7,11H,2-6H2,1H3;1H2/b9-8-;. The molecule has 0 aromatic carbocycles. The molecule has 1 unspecified atom stereocenters. The first-order valence-electron chi connectivity index (χ1n) is 4.28. The van der Waals surface area contributed by atoms with Gasteiger partial charge in [0.2, 0.25) is 0 Å². The van der Waals surface area contributed by atoms with E-state index in [0.717, 1.165) is 19.4 Å². The van der Waals surface area contributed by atoms with Crippen molar-refractivity contribution in [3.05, 3.63) is 0 Å². The first-order valence-corrected chi connectivity index (χ1v) is 5.67. The molecular weight excluding hydrogens is 206 g/mol. The SMILES string of the molecule is CSCO/N=N\N1CCCC1CO.O. The highest BCUT2D eigenvalue weighted by Crippen LogP contribution is 2.16. The Kier molecular flexibility index (Phi) is 7.54. The smallest absolute Gasteiger partial charge is 0.164 e. The maximum Gasteiger partial charge on any atom is 0.164 e. The van der Waals surface area contributed by atoms with Gasteiger partial charge in [-0.2, -0.15) is 0 Å². The molecule has 6 nitrogen and oxygen atoms in total. The van der Waals surface area contributed by atoms with Gasteiger partial charge < -0.3 is 15.4 Å². The van der Waals surface area contributed by atoms with E-state index in [2.05, 4.69) is 10.5 Å². The highest BCUT2D eigenvalue weighted by Gasteiger charge is 2.22. The third kappa shape index (κ3) is 4.12. The third-order valence-corrected chi connectivity index (χ3v) is 2.28. The number of hydrogen-bond acceptors (Lipinski definition) is 5. The zero-order chi connectivity index (χ0) is 9.52. The Morgan fingerprint density at radius 3 is 3.07 bits per heavy atom. The van der Waals surface area contributed by atoms with Crippen molar-refractivity contribution in [3.8, 4) is 0 Å². The van der Waals surface area contributed by atoms with Gasteiger partial charge in [0.25, 0.3) is 0 Å². The molecule has 1 heterocycles. The number of aliphatic hydroxyl groups is 1. The van der Waals surface area contributed by atoms with Crippen LogP contribution in [-0.4, -0.2) is 47.0 Å². The van der Waals surface area contributed by atoms with Crippen molar-refractivity contribution in [2.45, 2.75) is 18.9 Å². The molecule has 7 heteroatoms. The van der Waals surface area contributed by atoms with Crippen LogP contribution < -0.4 is 0 Å². The molecule has 1 saturated heterocycles. The second-order valence-electron chi connectivity index (χ2n) is 2.85. The van der Waals surface area contributed by atoms with E-state index in [1.54, 1.807) is 16.8 Å². The summed E-state index contributed by atoms with van der Waals surface area (Å²) in [5.41, 5.74) is 0. The average molecular weight is 223 g/mol. The number of hydrogen-bond donors (Lipinski definition) is 1. The van der Waals surface area contributed by atoms with Crippen molar-refractivity contribution in [1.82, 2.24) is 5.01 Å². The molecule has 0 bridgehead atoms. The lowest BCUT2D eigenvalue weighted by Crippen LogP contribution is -2.26.